The summed E-state index contributed by atoms with van der Waals surface area (Å²) in [4.78, 5) is 16.4. The molecule has 0 saturated carbocycles. The van der Waals surface area contributed by atoms with Crippen LogP contribution in [-0.2, 0) is 6.54 Å². The molecule has 0 spiro atoms. The third-order valence-electron chi connectivity index (χ3n) is 3.23. The van der Waals surface area contributed by atoms with Gasteiger partial charge in [-0.1, -0.05) is 30.3 Å². The fourth-order valence-corrected chi connectivity index (χ4v) is 3.32. The first kappa shape index (κ1) is 17.5. The van der Waals surface area contributed by atoms with Gasteiger partial charge in [0.15, 0.2) is 5.13 Å². The zero-order valence-electron chi connectivity index (χ0n) is 13.2. The number of nitrogens with zero attached hydrogens (tertiary/aromatic N) is 2. The normalized spacial score (nSPS) is 10.6. The molecule has 3 rings (SSSR count). The summed E-state index contributed by atoms with van der Waals surface area (Å²) in [5.41, 5.74) is 3.04. The number of nitrogens with one attached hydrogen (secondary N) is 3. The highest BCUT2D eigenvalue weighted by atomic mass is 32.2. The maximum absolute atomic E-state index is 12.2. The number of H-pyrrole nitrogens is 1. The van der Waals surface area contributed by atoms with Gasteiger partial charge in [0.25, 0.3) is 5.91 Å². The molecule has 0 bridgehead atoms. The van der Waals surface area contributed by atoms with E-state index in [1.54, 1.807) is 5.38 Å². The van der Waals surface area contributed by atoms with E-state index in [4.69, 9.17) is 5.11 Å². The van der Waals surface area contributed by atoms with Crippen molar-refractivity contribution >= 4 is 34.3 Å². The average molecular weight is 375 g/mol. The van der Waals surface area contributed by atoms with Crippen LogP contribution in [0, 0.1) is 0 Å². The fraction of sp³-hybridized carbons (Fsp3) is 0.188. The van der Waals surface area contributed by atoms with Gasteiger partial charge >= 0.3 is 0 Å². The standard InChI is InChI=1S/C16H17N5O2S2/c22-6-7-25-21-16-18-14(10-24-16)15(23)17-9-12-8-13(20-19-12)11-4-2-1-3-5-11/h1-5,8,10,22H,6-7,9H2,(H,17,23)(H,18,21)(H,19,20). The lowest BCUT2D eigenvalue weighted by molar-refractivity contribution is 0.0946. The molecule has 0 saturated heterocycles. The maximum atomic E-state index is 12.2. The summed E-state index contributed by atoms with van der Waals surface area (Å²) in [5, 5.41) is 21.1. The number of anilines is 1. The Morgan fingerprint density at radius 1 is 1.32 bits per heavy atom. The summed E-state index contributed by atoms with van der Waals surface area (Å²) in [6.07, 6.45) is 0. The molecule has 9 heteroatoms. The highest BCUT2D eigenvalue weighted by molar-refractivity contribution is 8.00. The van der Waals surface area contributed by atoms with Crippen molar-refractivity contribution in [3.05, 3.63) is 53.2 Å². The van der Waals surface area contributed by atoms with Crippen LogP contribution in [0.15, 0.2) is 41.8 Å². The van der Waals surface area contributed by atoms with Crippen molar-refractivity contribution in [2.75, 3.05) is 17.1 Å². The molecule has 4 N–H and O–H groups in total. The van der Waals surface area contributed by atoms with Gasteiger partial charge in [-0.2, -0.15) is 5.10 Å². The molecule has 0 aliphatic rings. The first-order chi connectivity index (χ1) is 12.3. The summed E-state index contributed by atoms with van der Waals surface area (Å²) in [5.74, 6) is 0.317. The second-order valence-corrected chi connectivity index (χ2v) is 6.80. The molecule has 0 radical (unpaired) electrons. The molecule has 130 valence electrons. The van der Waals surface area contributed by atoms with Gasteiger partial charge in [0.2, 0.25) is 0 Å². The first-order valence-electron chi connectivity index (χ1n) is 7.58. The van der Waals surface area contributed by atoms with Gasteiger partial charge < -0.3 is 15.1 Å². The Morgan fingerprint density at radius 2 is 2.16 bits per heavy atom. The number of amides is 1. The number of hydrogen-bond acceptors (Lipinski definition) is 7. The van der Waals surface area contributed by atoms with Gasteiger partial charge in [-0.05, 0) is 18.0 Å². The number of carbonyl (C=O) groups excluding carboxylic acids is 1. The number of rotatable bonds is 8. The van der Waals surface area contributed by atoms with Crippen LogP contribution in [-0.4, -0.2) is 38.6 Å². The monoisotopic (exact) mass is 375 g/mol. The van der Waals surface area contributed by atoms with Crippen LogP contribution in [0.5, 0.6) is 0 Å². The van der Waals surface area contributed by atoms with Crippen molar-refractivity contribution < 1.29 is 9.90 Å². The number of aliphatic hydroxyl groups is 1. The molecule has 0 unspecified atom stereocenters. The second kappa shape index (κ2) is 8.65. The lowest BCUT2D eigenvalue weighted by Crippen LogP contribution is -2.23. The predicted octanol–water partition coefficient (Wildman–Crippen LogP) is 2.52. The van der Waals surface area contributed by atoms with Gasteiger partial charge in [-0.15, -0.1) is 11.3 Å². The predicted molar refractivity (Wildman–Crippen MR) is 100 cm³/mol. The highest BCUT2D eigenvalue weighted by Crippen LogP contribution is 2.19. The molecule has 0 fully saturated rings. The van der Waals surface area contributed by atoms with E-state index in [-0.39, 0.29) is 12.5 Å². The molecule has 2 heterocycles. The molecule has 3 aromatic rings. The van der Waals surface area contributed by atoms with E-state index in [1.807, 2.05) is 36.4 Å². The molecule has 1 amide bonds. The van der Waals surface area contributed by atoms with Crippen LogP contribution in [0.1, 0.15) is 16.2 Å². The Balaban J connectivity index is 1.53. The number of carbonyl (C=O) groups is 1. The molecule has 2 aromatic heterocycles. The Kier molecular flexibility index (Phi) is 6.04. The minimum atomic E-state index is -0.243. The van der Waals surface area contributed by atoms with Gasteiger partial charge in [0, 0.05) is 16.7 Å². The number of thiazole rings is 1. The van der Waals surface area contributed by atoms with Gasteiger partial charge in [0.1, 0.15) is 5.69 Å². The van der Waals surface area contributed by atoms with Crippen molar-refractivity contribution in [3.8, 4) is 11.3 Å². The Morgan fingerprint density at radius 3 is 2.96 bits per heavy atom. The average Bonchev–Trinajstić information content (AvgIpc) is 3.30. The van der Waals surface area contributed by atoms with Crippen molar-refractivity contribution in [1.82, 2.24) is 20.5 Å². The van der Waals surface area contributed by atoms with E-state index in [0.29, 0.717) is 23.1 Å². The van der Waals surface area contributed by atoms with Crippen LogP contribution in [0.3, 0.4) is 0 Å². The molecule has 0 aliphatic heterocycles. The van der Waals surface area contributed by atoms with Crippen LogP contribution in [0.4, 0.5) is 5.13 Å². The largest absolute Gasteiger partial charge is 0.395 e. The molecular weight excluding hydrogens is 358 g/mol. The summed E-state index contributed by atoms with van der Waals surface area (Å²) in [7, 11) is 0. The number of aromatic nitrogens is 3. The van der Waals surface area contributed by atoms with E-state index in [0.717, 1.165) is 17.0 Å². The summed E-state index contributed by atoms with van der Waals surface area (Å²) < 4.78 is 2.98. The molecule has 7 nitrogen and oxygen atoms in total. The summed E-state index contributed by atoms with van der Waals surface area (Å²) in [6.45, 7) is 0.434. The number of aliphatic hydroxyl groups excluding tert-OH is 1. The van der Waals surface area contributed by atoms with Gasteiger partial charge in [0.05, 0.1) is 24.5 Å². The Hall–Kier alpha value is -2.36. The van der Waals surface area contributed by atoms with Crippen molar-refractivity contribution in [1.29, 1.82) is 0 Å². The highest BCUT2D eigenvalue weighted by Gasteiger charge is 2.11. The lowest BCUT2D eigenvalue weighted by atomic mass is 10.1. The topological polar surface area (TPSA) is 103 Å². The quantitative estimate of drug-likeness (QED) is 0.356. The third kappa shape index (κ3) is 4.81. The van der Waals surface area contributed by atoms with Crippen molar-refractivity contribution in [2.45, 2.75) is 6.54 Å². The summed E-state index contributed by atoms with van der Waals surface area (Å²) in [6, 6.07) is 11.7. The Bertz CT molecular complexity index is 819. The van der Waals surface area contributed by atoms with E-state index in [9.17, 15) is 4.79 Å². The van der Waals surface area contributed by atoms with Gasteiger partial charge in [-0.3, -0.25) is 9.89 Å². The molecule has 0 atom stereocenters. The van der Waals surface area contributed by atoms with Crippen LogP contribution < -0.4 is 10.0 Å². The summed E-state index contributed by atoms with van der Waals surface area (Å²) >= 11 is 2.69. The minimum Gasteiger partial charge on any atom is -0.395 e. The zero-order valence-corrected chi connectivity index (χ0v) is 14.9. The number of aromatic amines is 1. The van der Waals surface area contributed by atoms with Crippen molar-refractivity contribution in [2.24, 2.45) is 0 Å². The SMILES string of the molecule is O=C(NCc1cc(-c2ccccc2)n[nH]1)c1csc(NSCCO)n1. The van der Waals surface area contributed by atoms with Crippen LogP contribution in [0.2, 0.25) is 0 Å². The van der Waals surface area contributed by atoms with Crippen LogP contribution in [0.25, 0.3) is 11.3 Å². The van der Waals surface area contributed by atoms with Crippen LogP contribution >= 0.6 is 23.3 Å². The molecule has 0 aliphatic carbocycles. The van der Waals surface area contributed by atoms with E-state index in [1.165, 1.54) is 23.3 Å². The lowest BCUT2D eigenvalue weighted by Gasteiger charge is -2.01. The fourth-order valence-electron chi connectivity index (χ4n) is 2.06. The van der Waals surface area contributed by atoms with Gasteiger partial charge in [-0.25, -0.2) is 4.98 Å². The van der Waals surface area contributed by atoms with E-state index in [2.05, 4.69) is 25.2 Å². The number of benzene rings is 1. The molecular formula is C16H17N5O2S2. The first-order valence-corrected chi connectivity index (χ1v) is 9.45. The maximum Gasteiger partial charge on any atom is 0.271 e. The molecule has 1 aromatic carbocycles. The number of hydrogen-bond donors (Lipinski definition) is 4. The zero-order chi connectivity index (χ0) is 17.5. The smallest absolute Gasteiger partial charge is 0.271 e. The third-order valence-corrected chi connectivity index (χ3v) is 4.84. The second-order valence-electron chi connectivity index (χ2n) is 5.04. The van der Waals surface area contributed by atoms with Crippen molar-refractivity contribution in [3.63, 3.8) is 0 Å². The van der Waals surface area contributed by atoms with E-state index >= 15 is 0 Å². The molecule has 25 heavy (non-hydrogen) atoms. The minimum absolute atomic E-state index is 0.0888. The Labute approximate surface area is 153 Å². The van der Waals surface area contributed by atoms with E-state index < -0.39 is 0 Å².